The summed E-state index contributed by atoms with van der Waals surface area (Å²) in [6.45, 7) is 15.0. The molecule has 3 heterocycles. The van der Waals surface area contributed by atoms with Gasteiger partial charge in [0.25, 0.3) is 0 Å². The Kier molecular flexibility index (Phi) is 15.3. The molecule has 0 radical (unpaired) electrons. The molecule has 3 aliphatic heterocycles. The van der Waals surface area contributed by atoms with Gasteiger partial charge in [-0.25, -0.2) is 0 Å². The molecular weight excluding hydrogens is 648 g/mol. The molecule has 3 rings (SSSR count). The van der Waals surface area contributed by atoms with E-state index in [2.05, 4.69) is 0 Å². The van der Waals surface area contributed by atoms with Crippen molar-refractivity contribution >= 4 is 5.78 Å². The molecule has 0 aromatic rings. The second-order valence-electron chi connectivity index (χ2n) is 16.6. The minimum Gasteiger partial charge on any atom is -0.389 e. The predicted octanol–water partition coefficient (Wildman–Crippen LogP) is 1.93. The number of likely N-dealkylation sites (N-methyl/N-ethyl adjacent to an activating group) is 2. The quantitative estimate of drug-likeness (QED) is 0.259. The second kappa shape index (κ2) is 17.6. The molecule has 0 bridgehead atoms. The first kappa shape index (κ1) is 43.6. The Labute approximate surface area is 300 Å². The monoisotopic (exact) mass is 718 g/mol. The zero-order valence-corrected chi connectivity index (χ0v) is 32.7. The van der Waals surface area contributed by atoms with Crippen molar-refractivity contribution < 1.29 is 54.0 Å². The Morgan fingerprint density at radius 1 is 1.02 bits per heavy atom. The molecule has 16 atom stereocenters. The first-order chi connectivity index (χ1) is 23.1. The van der Waals surface area contributed by atoms with E-state index in [4.69, 9.17) is 23.7 Å². The number of β-amino-alcohol motifs (C(OH)–C–C–N with tert-alkyl or cyclic N) is 1. The highest BCUT2D eigenvalue weighted by Gasteiger charge is 2.51. The van der Waals surface area contributed by atoms with E-state index in [1.54, 1.807) is 34.6 Å². The Hall–Kier alpha value is -0.810. The average molecular weight is 719 g/mol. The van der Waals surface area contributed by atoms with Crippen molar-refractivity contribution in [3.63, 3.8) is 0 Å². The van der Waals surface area contributed by atoms with Gasteiger partial charge in [0.2, 0.25) is 0 Å². The summed E-state index contributed by atoms with van der Waals surface area (Å²) in [6, 6.07) is -0.243. The van der Waals surface area contributed by atoms with Crippen molar-refractivity contribution in [2.45, 2.75) is 172 Å². The number of aliphatic hydroxyl groups is 5. The third kappa shape index (κ3) is 10.0. The van der Waals surface area contributed by atoms with Crippen LogP contribution in [0.1, 0.15) is 93.9 Å². The summed E-state index contributed by atoms with van der Waals surface area (Å²) in [4.78, 5) is 18.1. The SMILES string of the molecule is CC[C@H]1CC(=O)[C@H](C)[C@@H](OC2CC(C)(OC)C(O)C(C)O2)[C@H](C)[C@@H](OC2OC(C)CC(N(C)C)C2O)[C@](C)(O)CCCN(C)C[C@@H](O)[C@]1(C)O. The lowest BCUT2D eigenvalue weighted by Gasteiger charge is -2.48. The van der Waals surface area contributed by atoms with Gasteiger partial charge in [-0.05, 0) is 87.5 Å². The fourth-order valence-electron chi connectivity index (χ4n) is 8.34. The number of Topliss-reactive ketones (excluding diaryl/α,β-unsaturated/α-hetero) is 1. The highest BCUT2D eigenvalue weighted by Crippen LogP contribution is 2.40. The number of methoxy groups -OCH3 is 1. The summed E-state index contributed by atoms with van der Waals surface area (Å²) in [7, 11) is 7.17. The minimum absolute atomic E-state index is 0.0111. The van der Waals surface area contributed by atoms with Crippen molar-refractivity contribution in [2.75, 3.05) is 41.3 Å². The van der Waals surface area contributed by atoms with Gasteiger partial charge < -0.3 is 59.0 Å². The van der Waals surface area contributed by atoms with Crippen LogP contribution in [0.25, 0.3) is 0 Å². The zero-order valence-electron chi connectivity index (χ0n) is 32.7. The number of ketones is 1. The van der Waals surface area contributed by atoms with Crippen LogP contribution in [-0.4, -0.2) is 161 Å². The van der Waals surface area contributed by atoms with Crippen molar-refractivity contribution in [3.8, 4) is 0 Å². The molecule has 0 saturated carbocycles. The number of rotatable bonds is 7. The van der Waals surface area contributed by atoms with E-state index in [-0.39, 0.29) is 43.7 Å². The summed E-state index contributed by atoms with van der Waals surface area (Å²) < 4.78 is 31.5. The number of hydrogen-bond acceptors (Lipinski definition) is 13. The molecule has 0 amide bonds. The fourth-order valence-corrected chi connectivity index (χ4v) is 8.34. The molecule has 8 unspecified atom stereocenters. The van der Waals surface area contributed by atoms with Gasteiger partial charge in [-0.3, -0.25) is 4.79 Å². The zero-order chi connectivity index (χ0) is 37.9. The standard InChI is InChI=1S/C37H70N2O11/c1-13-25-18-27(40)22(3)31(49-29-19-36(7,46-12)32(43)24(5)48-29)23(4)33(50-34-30(42)26(38(9)10)17-21(2)47-34)35(6,44)15-14-16-39(11)20-28(41)37(25,8)45/h21-26,28-34,41-45H,13-20H2,1-12H3/t21?,22-,23-,24?,25-,26?,28+,29?,30?,31+,32?,33+,34?,35+,36?,37+/m0/s1. The van der Waals surface area contributed by atoms with E-state index in [0.717, 1.165) is 0 Å². The van der Waals surface area contributed by atoms with Gasteiger partial charge >= 0.3 is 0 Å². The lowest BCUT2D eigenvalue weighted by molar-refractivity contribution is -0.317. The maximum absolute atomic E-state index is 14.3. The van der Waals surface area contributed by atoms with Crippen LogP contribution in [0.15, 0.2) is 0 Å². The molecule has 13 heteroatoms. The Bertz CT molecular complexity index is 1080. The highest BCUT2D eigenvalue weighted by molar-refractivity contribution is 5.81. The van der Waals surface area contributed by atoms with E-state index in [1.807, 2.05) is 51.7 Å². The van der Waals surface area contributed by atoms with Crippen LogP contribution in [0, 0.1) is 17.8 Å². The highest BCUT2D eigenvalue weighted by atomic mass is 16.7. The normalized spacial score (nSPS) is 48.3. The van der Waals surface area contributed by atoms with Gasteiger partial charge in [-0.1, -0.05) is 27.2 Å². The van der Waals surface area contributed by atoms with Crippen molar-refractivity contribution in [2.24, 2.45) is 17.8 Å². The molecule has 0 aromatic carbocycles. The lowest BCUT2D eigenvalue weighted by Crippen LogP contribution is -2.60. The van der Waals surface area contributed by atoms with Crippen LogP contribution in [0.3, 0.4) is 0 Å². The Balaban J connectivity index is 2.12. The third-order valence-corrected chi connectivity index (χ3v) is 12.1. The van der Waals surface area contributed by atoms with Gasteiger partial charge in [-0.15, -0.1) is 0 Å². The van der Waals surface area contributed by atoms with E-state index in [9.17, 15) is 30.3 Å². The number of ether oxygens (including phenoxy) is 5. The lowest BCUT2D eigenvalue weighted by atomic mass is 9.75. The molecule has 13 nitrogen and oxygen atoms in total. The molecule has 3 fully saturated rings. The number of carbonyl (C=O) groups is 1. The summed E-state index contributed by atoms with van der Waals surface area (Å²) in [5, 5.41) is 57.5. The number of aliphatic hydroxyl groups excluding tert-OH is 3. The molecule has 0 aromatic heterocycles. The van der Waals surface area contributed by atoms with Crippen LogP contribution in [0.4, 0.5) is 0 Å². The van der Waals surface area contributed by atoms with Gasteiger partial charge in [0.15, 0.2) is 12.6 Å². The minimum atomic E-state index is -1.54. The molecule has 294 valence electrons. The molecule has 50 heavy (non-hydrogen) atoms. The largest absolute Gasteiger partial charge is 0.389 e. The summed E-state index contributed by atoms with van der Waals surface area (Å²) >= 11 is 0. The van der Waals surface area contributed by atoms with E-state index in [1.165, 1.54) is 7.11 Å². The van der Waals surface area contributed by atoms with Crippen molar-refractivity contribution in [1.29, 1.82) is 0 Å². The summed E-state index contributed by atoms with van der Waals surface area (Å²) in [5.74, 6) is -2.14. The average Bonchev–Trinajstić information content (AvgIpc) is 3.03. The third-order valence-electron chi connectivity index (χ3n) is 12.1. The van der Waals surface area contributed by atoms with Crippen LogP contribution in [-0.2, 0) is 28.5 Å². The first-order valence-electron chi connectivity index (χ1n) is 18.6. The first-order valence-corrected chi connectivity index (χ1v) is 18.6. The van der Waals surface area contributed by atoms with E-state index >= 15 is 0 Å². The second-order valence-corrected chi connectivity index (χ2v) is 16.6. The van der Waals surface area contributed by atoms with Crippen LogP contribution in [0.2, 0.25) is 0 Å². The molecule has 3 saturated heterocycles. The van der Waals surface area contributed by atoms with Gasteiger partial charge in [-0.2, -0.15) is 0 Å². The predicted molar refractivity (Wildman–Crippen MR) is 188 cm³/mol. The maximum atomic E-state index is 14.3. The molecule has 0 spiro atoms. The number of hydrogen-bond donors (Lipinski definition) is 5. The molecule has 5 N–H and O–H groups in total. The number of nitrogens with zero attached hydrogens (tertiary/aromatic N) is 2. The number of carbonyl (C=O) groups excluding carboxylic acids is 1. The molecular formula is C37H70N2O11. The Morgan fingerprint density at radius 2 is 1.66 bits per heavy atom. The van der Waals surface area contributed by atoms with Gasteiger partial charge in [0, 0.05) is 44.4 Å². The topological polar surface area (TPSA) is 171 Å². The van der Waals surface area contributed by atoms with Crippen molar-refractivity contribution in [3.05, 3.63) is 0 Å². The molecule has 0 aliphatic carbocycles. The smallest absolute Gasteiger partial charge is 0.185 e. The molecule has 3 aliphatic rings. The van der Waals surface area contributed by atoms with E-state index in [0.29, 0.717) is 25.8 Å². The van der Waals surface area contributed by atoms with Crippen molar-refractivity contribution in [1.82, 2.24) is 9.80 Å². The summed E-state index contributed by atoms with van der Waals surface area (Å²) in [5.41, 5.74) is -3.99. The van der Waals surface area contributed by atoms with Crippen LogP contribution in [0.5, 0.6) is 0 Å². The van der Waals surface area contributed by atoms with Gasteiger partial charge in [0.1, 0.15) is 18.0 Å². The fraction of sp³-hybridized carbons (Fsp3) is 0.973. The maximum Gasteiger partial charge on any atom is 0.185 e. The van der Waals surface area contributed by atoms with Gasteiger partial charge in [0.05, 0.1) is 47.3 Å². The Morgan fingerprint density at radius 3 is 2.24 bits per heavy atom. The van der Waals surface area contributed by atoms with Crippen LogP contribution < -0.4 is 0 Å². The summed E-state index contributed by atoms with van der Waals surface area (Å²) in [6.07, 6.45) is -5.63. The van der Waals surface area contributed by atoms with Crippen LogP contribution >= 0.6 is 0 Å². The van der Waals surface area contributed by atoms with E-state index < -0.39 is 83.8 Å².